The molecule has 0 atom stereocenters. The van der Waals surface area contributed by atoms with Crippen LogP contribution in [0.3, 0.4) is 0 Å². The highest BCUT2D eigenvalue weighted by Gasteiger charge is 2.27. The van der Waals surface area contributed by atoms with E-state index in [1.807, 2.05) is 0 Å². The number of aliphatic hydroxyl groups is 1. The van der Waals surface area contributed by atoms with Gasteiger partial charge in [-0.3, -0.25) is 4.79 Å². The van der Waals surface area contributed by atoms with Crippen molar-refractivity contribution in [3.63, 3.8) is 0 Å². The summed E-state index contributed by atoms with van der Waals surface area (Å²) in [4.78, 5) is 13.0. The van der Waals surface area contributed by atoms with Crippen molar-refractivity contribution in [3.05, 3.63) is 0 Å². The van der Waals surface area contributed by atoms with E-state index in [2.05, 4.69) is 5.32 Å². The number of hydrogen-bond acceptors (Lipinski definition) is 3. The fourth-order valence-electron chi connectivity index (χ4n) is 1.79. The average molecular weight is 254 g/mol. The van der Waals surface area contributed by atoms with Gasteiger partial charge in [-0.25, -0.2) is 0 Å². The fourth-order valence-corrected chi connectivity index (χ4v) is 1.79. The molecule has 1 rings (SSSR count). The summed E-state index contributed by atoms with van der Waals surface area (Å²) in [5.74, 6) is -0.104. The summed E-state index contributed by atoms with van der Waals surface area (Å²) in [5, 5.41) is 11.0. The van der Waals surface area contributed by atoms with Crippen LogP contribution < -0.4 is 5.32 Å². The van der Waals surface area contributed by atoms with Crippen LogP contribution in [0.5, 0.6) is 0 Å². The number of hydrogen-bond donors (Lipinski definition) is 2. The zero-order valence-electron chi connectivity index (χ0n) is 9.46. The quantitative estimate of drug-likeness (QED) is 0.762. The second-order valence-corrected chi connectivity index (χ2v) is 4.23. The minimum absolute atomic E-state index is 0.106. The lowest BCUT2D eigenvalue weighted by Crippen LogP contribution is -2.44. The molecule has 0 spiro atoms. The minimum Gasteiger partial charge on any atom is -0.396 e. The van der Waals surface area contributed by atoms with E-state index in [4.69, 9.17) is 5.11 Å². The van der Waals surface area contributed by atoms with Gasteiger partial charge in [0, 0.05) is 19.7 Å². The topological polar surface area (TPSA) is 52.6 Å². The van der Waals surface area contributed by atoms with Crippen LogP contribution in [0, 0.1) is 5.92 Å². The summed E-state index contributed by atoms with van der Waals surface area (Å²) in [5.41, 5.74) is 0. The average Bonchev–Trinajstić information content (AvgIpc) is 2.27. The molecule has 100 valence electrons. The third-order valence-electron chi connectivity index (χ3n) is 2.83. The molecule has 0 saturated carbocycles. The number of nitrogens with one attached hydrogen (secondary N) is 1. The summed E-state index contributed by atoms with van der Waals surface area (Å²) in [6.45, 7) is -0.307. The molecule has 0 aliphatic carbocycles. The van der Waals surface area contributed by atoms with Gasteiger partial charge in [0.15, 0.2) is 0 Å². The number of halogens is 3. The van der Waals surface area contributed by atoms with E-state index in [0.717, 1.165) is 0 Å². The molecule has 0 unspecified atom stereocenters. The Kier molecular flexibility index (Phi) is 5.20. The third kappa shape index (κ3) is 5.36. The molecule has 1 amide bonds. The van der Waals surface area contributed by atoms with Crippen LogP contribution in [0.25, 0.3) is 0 Å². The first-order valence-corrected chi connectivity index (χ1v) is 5.58. The summed E-state index contributed by atoms with van der Waals surface area (Å²) in [7, 11) is 0. The second-order valence-electron chi connectivity index (χ2n) is 4.23. The highest BCUT2D eigenvalue weighted by molar-refractivity contribution is 5.78. The molecule has 2 N–H and O–H groups in total. The lowest BCUT2D eigenvalue weighted by atomic mass is 9.98. The first-order valence-electron chi connectivity index (χ1n) is 5.58. The van der Waals surface area contributed by atoms with Crippen molar-refractivity contribution in [1.29, 1.82) is 0 Å². The summed E-state index contributed by atoms with van der Waals surface area (Å²) < 4.78 is 35.5. The highest BCUT2D eigenvalue weighted by atomic mass is 19.4. The van der Waals surface area contributed by atoms with Crippen LogP contribution in [0.4, 0.5) is 13.2 Å². The third-order valence-corrected chi connectivity index (χ3v) is 2.83. The van der Waals surface area contributed by atoms with Crippen LogP contribution in [0.15, 0.2) is 0 Å². The SMILES string of the molecule is O=C(CNCC(F)(F)F)N1CCC(CO)CC1. The Morgan fingerprint density at radius 3 is 2.41 bits per heavy atom. The number of aliphatic hydroxyl groups excluding tert-OH is 1. The number of carbonyl (C=O) groups excluding carboxylic acids is 1. The van der Waals surface area contributed by atoms with Gasteiger partial charge in [0.25, 0.3) is 0 Å². The van der Waals surface area contributed by atoms with Crippen LogP contribution in [0.1, 0.15) is 12.8 Å². The highest BCUT2D eigenvalue weighted by Crippen LogP contribution is 2.16. The molecule has 1 saturated heterocycles. The number of amides is 1. The van der Waals surface area contributed by atoms with Crippen molar-refractivity contribution in [2.24, 2.45) is 5.92 Å². The molecule has 0 bridgehead atoms. The number of rotatable bonds is 4. The predicted molar refractivity (Wildman–Crippen MR) is 55.3 cm³/mol. The van der Waals surface area contributed by atoms with E-state index in [-0.39, 0.29) is 25.0 Å². The minimum atomic E-state index is -4.29. The Balaban J connectivity index is 2.21. The standard InChI is InChI=1S/C10H17F3N2O2/c11-10(12,13)7-14-5-9(17)15-3-1-8(6-16)2-4-15/h8,14,16H,1-7H2. The van der Waals surface area contributed by atoms with Gasteiger partial charge >= 0.3 is 6.18 Å². The van der Waals surface area contributed by atoms with Gasteiger partial charge in [-0.05, 0) is 18.8 Å². The lowest BCUT2D eigenvalue weighted by molar-refractivity contribution is -0.135. The Morgan fingerprint density at radius 1 is 1.35 bits per heavy atom. The zero-order chi connectivity index (χ0) is 12.9. The summed E-state index contributed by atoms with van der Waals surface area (Å²) in [6.07, 6.45) is -2.87. The number of alkyl halides is 3. The van der Waals surface area contributed by atoms with Crippen LogP contribution in [-0.2, 0) is 4.79 Å². The van der Waals surface area contributed by atoms with Crippen LogP contribution in [0.2, 0.25) is 0 Å². The van der Waals surface area contributed by atoms with E-state index in [1.165, 1.54) is 4.90 Å². The molecular formula is C10H17F3N2O2. The van der Waals surface area contributed by atoms with Gasteiger partial charge in [-0.1, -0.05) is 0 Å². The van der Waals surface area contributed by atoms with Crippen LogP contribution >= 0.6 is 0 Å². The second kappa shape index (κ2) is 6.20. The lowest BCUT2D eigenvalue weighted by Gasteiger charge is -2.31. The smallest absolute Gasteiger partial charge is 0.396 e. The molecule has 7 heteroatoms. The summed E-state index contributed by atoms with van der Waals surface area (Å²) >= 11 is 0. The van der Waals surface area contributed by atoms with Gasteiger partial charge in [-0.2, -0.15) is 13.2 Å². The Labute approximate surface area is 97.8 Å². The van der Waals surface area contributed by atoms with Crippen LogP contribution in [-0.4, -0.2) is 54.9 Å². The van der Waals surface area contributed by atoms with Crippen molar-refractivity contribution in [2.45, 2.75) is 19.0 Å². The van der Waals surface area contributed by atoms with Gasteiger partial charge in [0.1, 0.15) is 0 Å². The van der Waals surface area contributed by atoms with Crippen molar-refractivity contribution >= 4 is 5.91 Å². The van der Waals surface area contributed by atoms with Crippen molar-refractivity contribution in [1.82, 2.24) is 10.2 Å². The van der Waals surface area contributed by atoms with E-state index < -0.39 is 12.7 Å². The maximum absolute atomic E-state index is 11.8. The molecule has 4 nitrogen and oxygen atoms in total. The molecule has 1 aliphatic heterocycles. The maximum atomic E-state index is 11.8. The first-order chi connectivity index (χ1) is 7.92. The van der Waals surface area contributed by atoms with Gasteiger partial charge in [0.2, 0.25) is 5.91 Å². The summed E-state index contributed by atoms with van der Waals surface area (Å²) in [6, 6.07) is 0. The van der Waals surface area contributed by atoms with Crippen molar-refractivity contribution < 1.29 is 23.1 Å². The van der Waals surface area contributed by atoms with Crippen molar-refractivity contribution in [2.75, 3.05) is 32.8 Å². The monoisotopic (exact) mass is 254 g/mol. The van der Waals surface area contributed by atoms with E-state index >= 15 is 0 Å². The molecular weight excluding hydrogens is 237 g/mol. The normalized spacial score (nSPS) is 18.5. The number of carbonyl (C=O) groups is 1. The zero-order valence-corrected chi connectivity index (χ0v) is 9.46. The molecule has 0 aromatic heterocycles. The van der Waals surface area contributed by atoms with E-state index in [1.54, 1.807) is 0 Å². The van der Waals surface area contributed by atoms with Gasteiger partial charge in [-0.15, -0.1) is 0 Å². The fraction of sp³-hybridized carbons (Fsp3) is 0.900. The van der Waals surface area contributed by atoms with Crippen molar-refractivity contribution in [3.8, 4) is 0 Å². The Bertz CT molecular complexity index is 250. The number of likely N-dealkylation sites (tertiary alicyclic amines) is 1. The molecule has 1 heterocycles. The van der Waals surface area contributed by atoms with Gasteiger partial charge in [0.05, 0.1) is 13.1 Å². The molecule has 0 aromatic carbocycles. The largest absolute Gasteiger partial charge is 0.401 e. The molecule has 0 aromatic rings. The predicted octanol–water partition coefficient (Wildman–Crippen LogP) is 0.369. The number of nitrogens with zero attached hydrogens (tertiary/aromatic N) is 1. The molecule has 0 radical (unpaired) electrons. The molecule has 17 heavy (non-hydrogen) atoms. The van der Waals surface area contributed by atoms with E-state index in [9.17, 15) is 18.0 Å². The Morgan fingerprint density at radius 2 is 1.94 bits per heavy atom. The molecule has 1 fully saturated rings. The van der Waals surface area contributed by atoms with E-state index in [0.29, 0.717) is 25.9 Å². The molecule has 1 aliphatic rings. The Hall–Kier alpha value is -0.820. The van der Waals surface area contributed by atoms with Gasteiger partial charge < -0.3 is 15.3 Å². The number of piperidine rings is 1. The first kappa shape index (κ1) is 14.2. The maximum Gasteiger partial charge on any atom is 0.401 e.